The van der Waals surface area contributed by atoms with Crippen molar-refractivity contribution < 1.29 is 27.9 Å². The van der Waals surface area contributed by atoms with E-state index in [4.69, 9.17) is 5.11 Å². The average Bonchev–Trinajstić information content (AvgIpc) is 2.37. The molecular weight excluding hydrogens is 275 g/mol. The number of carbonyl (C=O) groups is 2. The Kier molecular flexibility index (Phi) is 5.83. The topological polar surface area (TPSA) is 66.4 Å². The molecule has 0 radical (unpaired) electrons. The highest BCUT2D eigenvalue weighted by atomic mass is 19.4. The number of hydrogen-bond donors (Lipinski definition) is 2. The van der Waals surface area contributed by atoms with E-state index in [2.05, 4.69) is 5.32 Å². The predicted molar refractivity (Wildman–Crippen MR) is 65.9 cm³/mol. The van der Waals surface area contributed by atoms with Crippen molar-refractivity contribution in [2.75, 3.05) is 6.54 Å². The minimum Gasteiger partial charge on any atom is -0.481 e. The van der Waals surface area contributed by atoms with E-state index in [1.165, 1.54) is 0 Å². The molecule has 1 amide bonds. The molecule has 0 saturated heterocycles. The minimum absolute atomic E-state index is 0.00683. The van der Waals surface area contributed by atoms with Crippen molar-refractivity contribution in [1.29, 1.82) is 0 Å². The maximum Gasteiger partial charge on any atom is 0.391 e. The SMILES string of the molecule is CC(CCNC(=O)C1CCC(C(F)(F)F)CC1)C(=O)O. The van der Waals surface area contributed by atoms with Crippen LogP contribution in [0.3, 0.4) is 0 Å². The van der Waals surface area contributed by atoms with E-state index in [9.17, 15) is 22.8 Å². The van der Waals surface area contributed by atoms with Crippen molar-refractivity contribution in [1.82, 2.24) is 5.32 Å². The van der Waals surface area contributed by atoms with E-state index in [0.29, 0.717) is 6.42 Å². The Hall–Kier alpha value is -1.27. The Balaban J connectivity index is 2.28. The summed E-state index contributed by atoms with van der Waals surface area (Å²) in [7, 11) is 0. The molecule has 0 aromatic rings. The van der Waals surface area contributed by atoms with Crippen LogP contribution in [0.25, 0.3) is 0 Å². The van der Waals surface area contributed by atoms with Crippen molar-refractivity contribution in [2.24, 2.45) is 17.8 Å². The molecule has 7 heteroatoms. The number of carboxylic acid groups (broad SMARTS) is 1. The number of amides is 1. The maximum absolute atomic E-state index is 12.5. The van der Waals surface area contributed by atoms with Crippen LogP contribution in [0.2, 0.25) is 0 Å². The van der Waals surface area contributed by atoms with E-state index in [-0.39, 0.29) is 44.1 Å². The summed E-state index contributed by atoms with van der Waals surface area (Å²) in [5, 5.41) is 11.3. The zero-order chi connectivity index (χ0) is 15.3. The molecule has 1 atom stereocenters. The molecule has 2 N–H and O–H groups in total. The molecule has 0 aliphatic heterocycles. The van der Waals surface area contributed by atoms with Crippen LogP contribution in [0.1, 0.15) is 39.0 Å². The van der Waals surface area contributed by atoms with E-state index in [1.54, 1.807) is 6.92 Å². The van der Waals surface area contributed by atoms with Gasteiger partial charge in [0.25, 0.3) is 0 Å². The second-order valence-corrected chi connectivity index (χ2v) is 5.41. The van der Waals surface area contributed by atoms with Gasteiger partial charge in [0.05, 0.1) is 11.8 Å². The van der Waals surface area contributed by atoms with Gasteiger partial charge in [-0.25, -0.2) is 0 Å². The van der Waals surface area contributed by atoms with Gasteiger partial charge in [0.2, 0.25) is 5.91 Å². The molecule has 1 aliphatic carbocycles. The molecule has 0 spiro atoms. The molecule has 0 bridgehead atoms. The molecule has 20 heavy (non-hydrogen) atoms. The van der Waals surface area contributed by atoms with Crippen LogP contribution >= 0.6 is 0 Å². The van der Waals surface area contributed by atoms with E-state index >= 15 is 0 Å². The molecule has 1 aliphatic rings. The Morgan fingerprint density at radius 3 is 2.25 bits per heavy atom. The molecule has 1 unspecified atom stereocenters. The predicted octanol–water partition coefficient (Wildman–Crippen LogP) is 2.58. The molecule has 1 saturated carbocycles. The fourth-order valence-electron chi connectivity index (χ4n) is 2.36. The van der Waals surface area contributed by atoms with Gasteiger partial charge in [0, 0.05) is 12.5 Å². The quantitative estimate of drug-likeness (QED) is 0.819. The van der Waals surface area contributed by atoms with E-state index in [0.717, 1.165) is 0 Å². The molecule has 116 valence electrons. The van der Waals surface area contributed by atoms with Gasteiger partial charge in [0.1, 0.15) is 0 Å². The zero-order valence-corrected chi connectivity index (χ0v) is 11.4. The number of alkyl halides is 3. The van der Waals surface area contributed by atoms with Crippen molar-refractivity contribution in [2.45, 2.75) is 45.2 Å². The summed E-state index contributed by atoms with van der Waals surface area (Å²) in [6, 6.07) is 0. The van der Waals surface area contributed by atoms with Gasteiger partial charge in [-0.05, 0) is 32.1 Å². The molecule has 4 nitrogen and oxygen atoms in total. The summed E-state index contributed by atoms with van der Waals surface area (Å²) in [6.07, 6.45) is -3.38. The first kappa shape index (κ1) is 16.8. The van der Waals surface area contributed by atoms with Gasteiger partial charge in [0.15, 0.2) is 0 Å². The first-order chi connectivity index (χ1) is 9.21. The lowest BCUT2D eigenvalue weighted by Crippen LogP contribution is -2.36. The summed E-state index contributed by atoms with van der Waals surface area (Å²) in [6.45, 7) is 1.79. The van der Waals surface area contributed by atoms with Gasteiger partial charge >= 0.3 is 12.1 Å². The first-order valence-corrected chi connectivity index (χ1v) is 6.79. The van der Waals surface area contributed by atoms with Crippen LogP contribution in [-0.4, -0.2) is 29.7 Å². The highest BCUT2D eigenvalue weighted by Gasteiger charge is 2.42. The number of hydrogen-bond acceptors (Lipinski definition) is 2. The third-order valence-corrected chi connectivity index (χ3v) is 3.86. The lowest BCUT2D eigenvalue weighted by molar-refractivity contribution is -0.184. The summed E-state index contributed by atoms with van der Waals surface area (Å²) in [4.78, 5) is 22.4. The highest BCUT2D eigenvalue weighted by Crippen LogP contribution is 2.39. The Morgan fingerprint density at radius 1 is 1.25 bits per heavy atom. The summed E-state index contributed by atoms with van der Waals surface area (Å²) >= 11 is 0. The van der Waals surface area contributed by atoms with Crippen molar-refractivity contribution in [3.63, 3.8) is 0 Å². The van der Waals surface area contributed by atoms with Crippen LogP contribution in [0, 0.1) is 17.8 Å². The number of halogens is 3. The third kappa shape index (κ3) is 5.02. The minimum atomic E-state index is -4.17. The first-order valence-electron chi connectivity index (χ1n) is 6.79. The van der Waals surface area contributed by atoms with E-state index < -0.39 is 24.0 Å². The highest BCUT2D eigenvalue weighted by molar-refractivity contribution is 5.78. The molecule has 0 heterocycles. The van der Waals surface area contributed by atoms with Crippen molar-refractivity contribution in [3.8, 4) is 0 Å². The molecule has 0 aromatic carbocycles. The largest absolute Gasteiger partial charge is 0.481 e. The Labute approximate surface area is 115 Å². The Morgan fingerprint density at radius 2 is 1.80 bits per heavy atom. The lowest BCUT2D eigenvalue weighted by Gasteiger charge is -2.29. The summed E-state index contributed by atoms with van der Waals surface area (Å²) < 4.78 is 37.4. The van der Waals surface area contributed by atoms with Crippen molar-refractivity contribution in [3.05, 3.63) is 0 Å². The monoisotopic (exact) mass is 295 g/mol. The molecule has 1 rings (SSSR count). The molecular formula is C13H20F3NO3. The van der Waals surface area contributed by atoms with Gasteiger partial charge in [-0.2, -0.15) is 13.2 Å². The standard InChI is InChI=1S/C13H20F3NO3/c1-8(12(19)20)6-7-17-11(18)9-2-4-10(5-3-9)13(14,15)16/h8-10H,2-7H2,1H3,(H,17,18)(H,19,20). The normalized spacial score (nSPS) is 25.0. The van der Waals surface area contributed by atoms with Crippen LogP contribution in [-0.2, 0) is 9.59 Å². The van der Waals surface area contributed by atoms with Gasteiger partial charge in [-0.3, -0.25) is 9.59 Å². The zero-order valence-electron chi connectivity index (χ0n) is 11.4. The van der Waals surface area contributed by atoms with Gasteiger partial charge < -0.3 is 10.4 Å². The number of carbonyl (C=O) groups excluding carboxylic acids is 1. The number of carboxylic acids is 1. The fourth-order valence-corrected chi connectivity index (χ4v) is 2.36. The van der Waals surface area contributed by atoms with Gasteiger partial charge in [-0.1, -0.05) is 6.92 Å². The maximum atomic E-state index is 12.5. The smallest absolute Gasteiger partial charge is 0.391 e. The second kappa shape index (κ2) is 6.95. The van der Waals surface area contributed by atoms with Crippen molar-refractivity contribution >= 4 is 11.9 Å². The summed E-state index contributed by atoms with van der Waals surface area (Å²) in [5.74, 6) is -3.41. The number of aliphatic carboxylic acids is 1. The third-order valence-electron chi connectivity index (χ3n) is 3.86. The summed E-state index contributed by atoms with van der Waals surface area (Å²) in [5.41, 5.74) is 0. The number of rotatable bonds is 5. The lowest BCUT2D eigenvalue weighted by atomic mass is 9.81. The van der Waals surface area contributed by atoms with E-state index in [1.807, 2.05) is 0 Å². The Bertz CT molecular complexity index is 349. The van der Waals surface area contributed by atoms with Crippen LogP contribution in [0.5, 0.6) is 0 Å². The van der Waals surface area contributed by atoms with Crippen LogP contribution in [0.15, 0.2) is 0 Å². The second-order valence-electron chi connectivity index (χ2n) is 5.41. The van der Waals surface area contributed by atoms with Gasteiger partial charge in [-0.15, -0.1) is 0 Å². The molecule has 1 fully saturated rings. The fraction of sp³-hybridized carbons (Fsp3) is 0.846. The van der Waals surface area contributed by atoms with Crippen LogP contribution in [0.4, 0.5) is 13.2 Å². The number of nitrogens with one attached hydrogen (secondary N) is 1. The molecule has 0 aromatic heterocycles. The van der Waals surface area contributed by atoms with Crippen LogP contribution < -0.4 is 5.32 Å². The average molecular weight is 295 g/mol.